The zero-order chi connectivity index (χ0) is 60.3. The molecule has 2 aliphatic rings. The molecule has 2 atom stereocenters. The van der Waals surface area contributed by atoms with Crippen LogP contribution in [0.5, 0.6) is 0 Å². The highest BCUT2D eigenvalue weighted by Crippen LogP contribution is 2.49. The van der Waals surface area contributed by atoms with Gasteiger partial charge >= 0.3 is 6.18 Å². The van der Waals surface area contributed by atoms with E-state index < -0.39 is 17.7 Å². The van der Waals surface area contributed by atoms with Gasteiger partial charge in [0, 0.05) is 78.0 Å². The minimum Gasteiger partial charge on any atom is -0.309 e. The first-order chi connectivity index (χ1) is 43.6. The summed E-state index contributed by atoms with van der Waals surface area (Å²) in [4.78, 5) is 30.3. The van der Waals surface area contributed by atoms with Gasteiger partial charge in [0.25, 0.3) is 0 Å². The molecule has 4 aromatic heterocycles. The molecule has 15 rings (SSSR count). The van der Waals surface area contributed by atoms with Crippen molar-refractivity contribution in [3.63, 3.8) is 0 Å². The first-order valence-corrected chi connectivity index (χ1v) is 29.3. The Labute approximate surface area is 509 Å². The maximum atomic E-state index is 14.3. The van der Waals surface area contributed by atoms with Crippen LogP contribution in [0.1, 0.15) is 70.7 Å². The van der Waals surface area contributed by atoms with Crippen LogP contribution < -0.4 is 0 Å². The number of fused-ring (bicyclic) bond motifs is 6. The molecule has 13 heteroatoms. The molecule has 0 bridgehead atoms. The van der Waals surface area contributed by atoms with Gasteiger partial charge in [-0.25, -0.2) is 29.9 Å². The molecule has 0 N–H and O–H groups in total. The molecular formula is C76H49F3N10. The second-order valence-electron chi connectivity index (χ2n) is 22.3. The van der Waals surface area contributed by atoms with E-state index in [1.165, 1.54) is 6.07 Å². The topological polar surface area (TPSA) is 135 Å². The molecule has 0 saturated carbocycles. The van der Waals surface area contributed by atoms with Gasteiger partial charge in [0.2, 0.25) is 0 Å². The van der Waals surface area contributed by atoms with Gasteiger partial charge in [-0.3, -0.25) is 0 Å². The van der Waals surface area contributed by atoms with Crippen LogP contribution in [0.3, 0.4) is 0 Å². The summed E-state index contributed by atoms with van der Waals surface area (Å²) < 4.78 is 47.4. The van der Waals surface area contributed by atoms with Crippen LogP contribution in [-0.2, 0) is 6.18 Å². The molecule has 0 aliphatic heterocycles. The van der Waals surface area contributed by atoms with Crippen LogP contribution in [-0.4, -0.2) is 39.0 Å². The van der Waals surface area contributed by atoms with Crippen molar-refractivity contribution in [2.45, 2.75) is 37.8 Å². The summed E-state index contributed by atoms with van der Waals surface area (Å²) in [6.07, 6.45) is 4.97. The second-order valence-corrected chi connectivity index (χ2v) is 22.3. The van der Waals surface area contributed by atoms with Crippen molar-refractivity contribution in [1.82, 2.24) is 39.0 Å². The van der Waals surface area contributed by atoms with E-state index in [4.69, 9.17) is 29.9 Å². The largest absolute Gasteiger partial charge is 0.416 e. The Hall–Kier alpha value is -11.7. The number of hydrogen-bond donors (Lipinski definition) is 0. The average molecular weight is 1160 g/mol. The smallest absolute Gasteiger partial charge is 0.309 e. The molecule has 0 spiro atoms. The highest BCUT2D eigenvalue weighted by Gasteiger charge is 2.34. The van der Waals surface area contributed by atoms with Crippen molar-refractivity contribution in [3.8, 4) is 86.2 Å². The number of alkyl halides is 3. The van der Waals surface area contributed by atoms with Crippen LogP contribution in [0.25, 0.3) is 124 Å². The Morgan fingerprint density at radius 2 is 0.955 bits per heavy atom. The minimum absolute atomic E-state index is 0.0773. The van der Waals surface area contributed by atoms with E-state index in [2.05, 4.69) is 82.8 Å². The summed E-state index contributed by atoms with van der Waals surface area (Å²) in [5.41, 5.74) is 12.2. The van der Waals surface area contributed by atoms with Crippen LogP contribution in [0, 0.1) is 22.7 Å². The predicted octanol–water partition coefficient (Wildman–Crippen LogP) is 18.5. The SMILES string of the molecule is CC1CC=Cc2c1c1cc(-c3nc(-c4ccccc4)nc(-c4ccccc4)n3)ccc1n2C1=CCC(c2ccc(C(F)(F)F)cc2C#N)C=C1c1c(C#N)cccc1-n1c2ccccc2c2cc(-c3nc(-c4ccccc4)nc(-c4ccccc4)n3)ccc21. The van der Waals surface area contributed by atoms with E-state index in [1.54, 1.807) is 6.07 Å². The maximum Gasteiger partial charge on any atom is 0.416 e. The fraction of sp³-hybridized carbons (Fsp3) is 0.0789. The zero-order valence-electron chi connectivity index (χ0n) is 47.8. The third-order valence-electron chi connectivity index (χ3n) is 16.9. The summed E-state index contributed by atoms with van der Waals surface area (Å²) in [5, 5.41) is 24.9. The maximum absolute atomic E-state index is 14.3. The highest BCUT2D eigenvalue weighted by atomic mass is 19.4. The van der Waals surface area contributed by atoms with Crippen LogP contribution in [0.4, 0.5) is 13.2 Å². The van der Waals surface area contributed by atoms with Crippen molar-refractivity contribution in [2.75, 3.05) is 0 Å². The number of allylic oxidation sites excluding steroid dienone is 5. The summed E-state index contributed by atoms with van der Waals surface area (Å²) in [5.74, 6) is 2.68. The monoisotopic (exact) mass is 1160 g/mol. The lowest BCUT2D eigenvalue weighted by Gasteiger charge is -2.28. The lowest BCUT2D eigenvalue weighted by atomic mass is 9.82. The van der Waals surface area contributed by atoms with Crippen LogP contribution in [0.2, 0.25) is 0 Å². The van der Waals surface area contributed by atoms with Crippen molar-refractivity contribution in [3.05, 3.63) is 276 Å². The third-order valence-corrected chi connectivity index (χ3v) is 16.9. The molecule has 10 nitrogen and oxygen atoms in total. The molecule has 89 heavy (non-hydrogen) atoms. The van der Waals surface area contributed by atoms with Gasteiger partial charge in [0.15, 0.2) is 34.9 Å². The molecule has 424 valence electrons. The number of para-hydroxylation sites is 1. The standard InChI is InChI=1S/C76H49F3N10/c1-46-18-16-30-66-68(46)60-43-53(75-86-72(49-23-10-4-11-24-49)83-73(87-75)50-25-12-5-13-26-50)34-39-64(60)89(66)65-37-32-51(57-36-35-56(76(77,78)79)40-55(57)45-81)41-61(65)69-54(44-80)27-17-31-67(69)88-62-29-15-14-28-58(62)59-42-52(33-38-63(59)88)74-84-70(47-19-6-2-7-20-47)82-71(85-74)48-21-8-3-9-22-48/h2-17,19-31,33-43,46,51H,18,32H2,1H3. The Morgan fingerprint density at radius 1 is 0.461 bits per heavy atom. The Morgan fingerprint density at radius 3 is 1.49 bits per heavy atom. The fourth-order valence-electron chi connectivity index (χ4n) is 12.8. The Bertz CT molecular complexity index is 5050. The van der Waals surface area contributed by atoms with Gasteiger partial charge < -0.3 is 9.13 Å². The lowest BCUT2D eigenvalue weighted by molar-refractivity contribution is -0.137. The molecule has 2 aliphatic carbocycles. The predicted molar refractivity (Wildman–Crippen MR) is 345 cm³/mol. The number of benzene rings is 9. The number of aromatic nitrogens is 8. The minimum atomic E-state index is -4.66. The summed E-state index contributed by atoms with van der Waals surface area (Å²) in [6, 6.07) is 73.9. The van der Waals surface area contributed by atoms with E-state index in [1.807, 2.05) is 164 Å². The average Bonchev–Trinajstić information content (AvgIpc) is 1.66. The number of hydrogen-bond acceptors (Lipinski definition) is 8. The van der Waals surface area contributed by atoms with Crippen LogP contribution >= 0.6 is 0 Å². The highest BCUT2D eigenvalue weighted by molar-refractivity contribution is 6.13. The van der Waals surface area contributed by atoms with Crippen LogP contribution in [0.15, 0.2) is 237 Å². The Balaban J connectivity index is 0.941. The molecule has 9 aromatic carbocycles. The first kappa shape index (κ1) is 54.0. The second kappa shape index (κ2) is 22.0. The van der Waals surface area contributed by atoms with E-state index in [-0.39, 0.29) is 11.5 Å². The molecule has 2 unspecified atom stereocenters. The quantitative estimate of drug-likeness (QED) is 0.132. The molecule has 0 fully saturated rings. The van der Waals surface area contributed by atoms with Crippen molar-refractivity contribution in [1.29, 1.82) is 10.5 Å². The van der Waals surface area contributed by atoms with E-state index in [9.17, 15) is 23.7 Å². The summed E-state index contributed by atoms with van der Waals surface area (Å²) >= 11 is 0. The summed E-state index contributed by atoms with van der Waals surface area (Å²) in [6.45, 7) is 2.22. The van der Waals surface area contributed by atoms with Gasteiger partial charge in [-0.05, 0) is 103 Å². The molecule has 0 amide bonds. The number of rotatable bonds is 10. The van der Waals surface area contributed by atoms with E-state index >= 15 is 0 Å². The zero-order valence-corrected chi connectivity index (χ0v) is 47.8. The van der Waals surface area contributed by atoms with Gasteiger partial charge in [-0.1, -0.05) is 177 Å². The molecule has 0 saturated heterocycles. The lowest BCUT2D eigenvalue weighted by Crippen LogP contribution is -2.14. The first-order valence-electron chi connectivity index (χ1n) is 29.3. The van der Waals surface area contributed by atoms with Gasteiger partial charge in [-0.15, -0.1) is 0 Å². The molecule has 4 heterocycles. The third kappa shape index (κ3) is 9.62. The van der Waals surface area contributed by atoms with Gasteiger partial charge in [0.1, 0.15) is 0 Å². The molecule has 0 radical (unpaired) electrons. The normalized spacial score (nSPS) is 14.7. The van der Waals surface area contributed by atoms with Crippen molar-refractivity contribution >= 4 is 50.1 Å². The van der Waals surface area contributed by atoms with E-state index in [0.717, 1.165) is 102 Å². The molecule has 13 aromatic rings. The number of halogens is 3. The number of nitrogens with zero attached hydrogens (tertiary/aromatic N) is 10. The summed E-state index contributed by atoms with van der Waals surface area (Å²) in [7, 11) is 0. The Kier molecular flexibility index (Phi) is 13.3. The fourth-order valence-corrected chi connectivity index (χ4v) is 12.8. The molecular weight excluding hydrogens is 1110 g/mol. The number of nitriles is 2. The van der Waals surface area contributed by atoms with Gasteiger partial charge in [-0.2, -0.15) is 23.7 Å². The van der Waals surface area contributed by atoms with Crippen molar-refractivity contribution < 1.29 is 13.2 Å². The van der Waals surface area contributed by atoms with Crippen molar-refractivity contribution in [2.24, 2.45) is 0 Å². The van der Waals surface area contributed by atoms with Gasteiger partial charge in [0.05, 0.1) is 51.1 Å². The van der Waals surface area contributed by atoms with E-state index in [0.29, 0.717) is 69.3 Å².